The fourth-order valence-electron chi connectivity index (χ4n) is 4.60. The van der Waals surface area contributed by atoms with Crippen molar-refractivity contribution in [1.82, 2.24) is 14.9 Å². The molecule has 5 nitrogen and oxygen atoms in total. The highest BCUT2D eigenvalue weighted by Gasteiger charge is 2.32. The van der Waals surface area contributed by atoms with Crippen LogP contribution >= 0.6 is 11.6 Å². The Labute approximate surface area is 178 Å². The predicted octanol–water partition coefficient (Wildman–Crippen LogP) is 4.76. The van der Waals surface area contributed by atoms with Crippen molar-refractivity contribution in [3.63, 3.8) is 0 Å². The van der Waals surface area contributed by atoms with E-state index in [1.807, 2.05) is 49.5 Å². The summed E-state index contributed by atoms with van der Waals surface area (Å²) in [5.74, 6) is 1.51. The van der Waals surface area contributed by atoms with E-state index in [2.05, 4.69) is 9.88 Å². The number of hydrogen-bond acceptors (Lipinski definition) is 4. The van der Waals surface area contributed by atoms with Gasteiger partial charge in [-0.3, -0.25) is 4.79 Å². The van der Waals surface area contributed by atoms with Crippen LogP contribution in [0.2, 0.25) is 5.02 Å². The smallest absolute Gasteiger partial charge is 0.225 e. The largest absolute Gasteiger partial charge is 0.347 e. The second kappa shape index (κ2) is 8.70. The third kappa shape index (κ3) is 4.40. The molecule has 29 heavy (non-hydrogen) atoms. The van der Waals surface area contributed by atoms with Crippen LogP contribution in [0.3, 0.4) is 0 Å². The van der Waals surface area contributed by atoms with Gasteiger partial charge in [0.2, 0.25) is 11.9 Å². The minimum absolute atomic E-state index is 0.224. The molecule has 4 rings (SSSR count). The molecule has 2 aromatic rings. The highest BCUT2D eigenvalue weighted by atomic mass is 35.5. The molecule has 2 heterocycles. The van der Waals surface area contributed by atoms with Crippen molar-refractivity contribution >= 4 is 23.5 Å². The van der Waals surface area contributed by atoms with Crippen LogP contribution in [0.15, 0.2) is 30.5 Å². The maximum absolute atomic E-state index is 13.0. The van der Waals surface area contributed by atoms with Gasteiger partial charge in [0.1, 0.15) is 0 Å². The minimum Gasteiger partial charge on any atom is -0.347 e. The number of piperidine rings is 1. The van der Waals surface area contributed by atoms with Gasteiger partial charge in [0.25, 0.3) is 0 Å². The number of carbonyl (C=O) groups is 1. The normalized spacial score (nSPS) is 20.1. The zero-order valence-corrected chi connectivity index (χ0v) is 18.0. The van der Waals surface area contributed by atoms with Crippen molar-refractivity contribution in [2.75, 3.05) is 32.1 Å². The molecule has 0 bridgehead atoms. The van der Waals surface area contributed by atoms with Crippen LogP contribution in [0.4, 0.5) is 5.95 Å². The van der Waals surface area contributed by atoms with Crippen LogP contribution in [0.25, 0.3) is 11.1 Å². The molecule has 0 radical (unpaired) electrons. The Bertz CT molecular complexity index is 862. The lowest BCUT2D eigenvalue weighted by Crippen LogP contribution is -2.42. The van der Waals surface area contributed by atoms with Gasteiger partial charge >= 0.3 is 0 Å². The average molecular weight is 413 g/mol. The third-order valence-electron chi connectivity index (χ3n) is 6.18. The van der Waals surface area contributed by atoms with Gasteiger partial charge in [-0.05, 0) is 43.4 Å². The maximum atomic E-state index is 13.0. The first-order valence-corrected chi connectivity index (χ1v) is 11.0. The van der Waals surface area contributed by atoms with E-state index in [4.69, 9.17) is 16.6 Å². The number of anilines is 1. The van der Waals surface area contributed by atoms with Crippen LogP contribution in [0.1, 0.15) is 50.1 Å². The second-order valence-electron chi connectivity index (χ2n) is 8.48. The number of nitrogens with zero attached hydrogens (tertiary/aromatic N) is 4. The predicted molar refractivity (Wildman–Crippen MR) is 117 cm³/mol. The zero-order chi connectivity index (χ0) is 20.4. The van der Waals surface area contributed by atoms with E-state index in [1.54, 1.807) is 0 Å². The molecule has 1 aromatic carbocycles. The van der Waals surface area contributed by atoms with Gasteiger partial charge < -0.3 is 9.80 Å². The van der Waals surface area contributed by atoms with E-state index in [0.29, 0.717) is 16.9 Å². The highest BCUT2D eigenvalue weighted by molar-refractivity contribution is 6.30. The molecular weight excluding hydrogens is 384 g/mol. The molecule has 0 unspecified atom stereocenters. The van der Waals surface area contributed by atoms with Crippen LogP contribution in [-0.2, 0) is 4.79 Å². The van der Waals surface area contributed by atoms with Crippen LogP contribution in [0.5, 0.6) is 0 Å². The minimum atomic E-state index is 0.224. The van der Waals surface area contributed by atoms with Crippen molar-refractivity contribution in [3.8, 4) is 11.1 Å². The van der Waals surface area contributed by atoms with E-state index in [1.165, 1.54) is 12.8 Å². The Hall–Kier alpha value is -2.14. The first-order valence-electron chi connectivity index (χ1n) is 10.6. The number of carbonyl (C=O) groups excluding carboxylic acids is 1. The fourth-order valence-corrected chi connectivity index (χ4v) is 4.72. The summed E-state index contributed by atoms with van der Waals surface area (Å²) < 4.78 is 0. The number of rotatable bonds is 4. The van der Waals surface area contributed by atoms with Crippen molar-refractivity contribution in [1.29, 1.82) is 0 Å². The summed E-state index contributed by atoms with van der Waals surface area (Å²) in [6.07, 6.45) is 8.45. The maximum Gasteiger partial charge on any atom is 0.225 e. The molecule has 6 heteroatoms. The lowest BCUT2D eigenvalue weighted by atomic mass is 9.89. The Morgan fingerprint density at radius 3 is 2.52 bits per heavy atom. The lowest BCUT2D eigenvalue weighted by Gasteiger charge is -2.35. The van der Waals surface area contributed by atoms with Crippen LogP contribution in [0, 0.1) is 5.92 Å². The van der Waals surface area contributed by atoms with Crippen molar-refractivity contribution in [2.45, 2.75) is 44.4 Å². The molecule has 0 N–H and O–H groups in total. The number of likely N-dealkylation sites (tertiary alicyclic amines) is 1. The summed E-state index contributed by atoms with van der Waals surface area (Å²) in [7, 11) is 3.91. The lowest BCUT2D eigenvalue weighted by molar-refractivity contribution is -0.136. The standard InChI is InChI=1S/C23H29ClN4O/c1-27(2)23-25-14-20(16-9-11-19(24)12-10-16)21(26-23)18-8-5-13-28(15-18)22(29)17-6-3-4-7-17/h9-12,14,17-18H,3-8,13,15H2,1-2H3/t18-/m0/s1. The average Bonchev–Trinajstić information content (AvgIpc) is 3.28. The number of hydrogen-bond donors (Lipinski definition) is 0. The number of amides is 1. The summed E-state index contributed by atoms with van der Waals surface area (Å²) in [5, 5.41) is 0.715. The summed E-state index contributed by atoms with van der Waals surface area (Å²) in [6.45, 7) is 1.62. The monoisotopic (exact) mass is 412 g/mol. The van der Waals surface area contributed by atoms with Crippen LogP contribution in [-0.4, -0.2) is 48.0 Å². The van der Waals surface area contributed by atoms with E-state index >= 15 is 0 Å². The molecule has 0 spiro atoms. The van der Waals surface area contributed by atoms with E-state index in [0.717, 1.165) is 55.6 Å². The van der Waals surface area contributed by atoms with Crippen LogP contribution < -0.4 is 4.90 Å². The molecule has 2 fully saturated rings. The van der Waals surface area contributed by atoms with Crippen molar-refractivity contribution in [2.24, 2.45) is 5.92 Å². The van der Waals surface area contributed by atoms with Gasteiger partial charge in [-0.1, -0.05) is 36.6 Å². The van der Waals surface area contributed by atoms with Gasteiger partial charge in [-0.2, -0.15) is 0 Å². The Balaban J connectivity index is 1.65. The highest BCUT2D eigenvalue weighted by Crippen LogP contribution is 2.36. The quantitative estimate of drug-likeness (QED) is 0.726. The first-order chi connectivity index (χ1) is 14.0. The molecule has 1 aliphatic heterocycles. The Kier molecular flexibility index (Phi) is 6.04. The van der Waals surface area contributed by atoms with Gasteiger partial charge in [0.15, 0.2) is 0 Å². The zero-order valence-electron chi connectivity index (χ0n) is 17.3. The third-order valence-corrected chi connectivity index (χ3v) is 6.44. The molecule has 154 valence electrons. The van der Waals surface area contributed by atoms with E-state index < -0.39 is 0 Å². The SMILES string of the molecule is CN(C)c1ncc(-c2ccc(Cl)cc2)c([C@H]2CCCN(C(=O)C3CCCC3)C2)n1. The molecule has 1 aliphatic carbocycles. The van der Waals surface area contributed by atoms with Crippen molar-refractivity contribution in [3.05, 3.63) is 41.2 Å². The molecule has 1 atom stereocenters. The Morgan fingerprint density at radius 2 is 1.83 bits per heavy atom. The van der Waals surface area contributed by atoms with E-state index in [9.17, 15) is 4.79 Å². The number of halogens is 1. The number of benzene rings is 1. The summed E-state index contributed by atoms with van der Waals surface area (Å²) >= 11 is 6.09. The summed E-state index contributed by atoms with van der Waals surface area (Å²) in [4.78, 5) is 26.5. The van der Waals surface area contributed by atoms with Gasteiger partial charge in [0, 0.05) is 55.8 Å². The molecule has 1 saturated carbocycles. The summed E-state index contributed by atoms with van der Waals surface area (Å²) in [6, 6.07) is 7.84. The topological polar surface area (TPSA) is 49.3 Å². The van der Waals surface area contributed by atoms with Gasteiger partial charge in [-0.15, -0.1) is 0 Å². The molecule has 1 aromatic heterocycles. The second-order valence-corrected chi connectivity index (χ2v) is 8.91. The summed E-state index contributed by atoms with van der Waals surface area (Å²) in [5.41, 5.74) is 3.14. The van der Waals surface area contributed by atoms with E-state index in [-0.39, 0.29) is 11.8 Å². The molecule has 2 aliphatic rings. The number of aromatic nitrogens is 2. The molecular formula is C23H29ClN4O. The molecule has 1 saturated heterocycles. The van der Waals surface area contributed by atoms with Gasteiger partial charge in [0.05, 0.1) is 5.69 Å². The Morgan fingerprint density at radius 1 is 1.10 bits per heavy atom. The first kappa shape index (κ1) is 20.1. The van der Waals surface area contributed by atoms with Crippen molar-refractivity contribution < 1.29 is 4.79 Å². The fraction of sp³-hybridized carbons (Fsp3) is 0.522. The van der Waals surface area contributed by atoms with Gasteiger partial charge in [-0.25, -0.2) is 9.97 Å². The molecule has 1 amide bonds.